The van der Waals surface area contributed by atoms with Crippen molar-refractivity contribution >= 4 is 34.8 Å². The van der Waals surface area contributed by atoms with Gasteiger partial charge in [-0.2, -0.15) is 9.40 Å². The summed E-state index contributed by atoms with van der Waals surface area (Å²) in [6.45, 7) is 8.24. The van der Waals surface area contributed by atoms with Gasteiger partial charge >= 0.3 is 0 Å². The Morgan fingerprint density at radius 3 is 2.31 bits per heavy atom. The molecule has 3 rings (SSSR count). The number of aryl methyl sites for hydroxylation is 2. The first-order valence-electron chi connectivity index (χ1n) is 8.10. The standard InChI is InChI=1S/C16H23N5O2S.2ClH/c1-14-12-15(2)21(18-14)11-8-19-6-9-20(10-7-19)24(22,23)16-4-3-5-17-13-16;;/h3-5,12-13H,6-11H2,1-2H3;2*1H. The van der Waals surface area contributed by atoms with Crippen LogP contribution in [0.5, 0.6) is 0 Å². The van der Waals surface area contributed by atoms with Crippen LogP contribution in [0.3, 0.4) is 0 Å². The maximum atomic E-state index is 12.6. The van der Waals surface area contributed by atoms with E-state index in [2.05, 4.69) is 28.0 Å². The number of aromatic nitrogens is 3. The Morgan fingerprint density at radius 2 is 1.77 bits per heavy atom. The maximum Gasteiger partial charge on any atom is 0.244 e. The van der Waals surface area contributed by atoms with E-state index in [0.717, 1.165) is 37.6 Å². The molecule has 0 aliphatic carbocycles. The van der Waals surface area contributed by atoms with Gasteiger partial charge in [-0.1, -0.05) is 0 Å². The third kappa shape index (κ3) is 5.17. The van der Waals surface area contributed by atoms with Crippen molar-refractivity contribution in [3.63, 3.8) is 0 Å². The van der Waals surface area contributed by atoms with Crippen LogP contribution in [-0.4, -0.2) is 65.1 Å². The van der Waals surface area contributed by atoms with E-state index in [1.807, 2.05) is 11.6 Å². The fraction of sp³-hybridized carbons (Fsp3) is 0.500. The van der Waals surface area contributed by atoms with Crippen LogP contribution in [0.1, 0.15) is 11.4 Å². The summed E-state index contributed by atoms with van der Waals surface area (Å²) >= 11 is 0. The van der Waals surface area contributed by atoms with Crippen LogP contribution >= 0.6 is 24.8 Å². The van der Waals surface area contributed by atoms with Gasteiger partial charge in [0.2, 0.25) is 10.0 Å². The average Bonchev–Trinajstić information content (AvgIpc) is 2.91. The summed E-state index contributed by atoms with van der Waals surface area (Å²) in [6, 6.07) is 5.31. The topological polar surface area (TPSA) is 71.3 Å². The minimum absolute atomic E-state index is 0. The molecule has 2 aromatic heterocycles. The van der Waals surface area contributed by atoms with Crippen LogP contribution < -0.4 is 0 Å². The molecule has 0 amide bonds. The summed E-state index contributed by atoms with van der Waals surface area (Å²) in [5.41, 5.74) is 2.19. The molecule has 0 spiro atoms. The monoisotopic (exact) mass is 421 g/mol. The summed E-state index contributed by atoms with van der Waals surface area (Å²) in [7, 11) is -3.43. The van der Waals surface area contributed by atoms with E-state index in [4.69, 9.17) is 0 Å². The quantitative estimate of drug-likeness (QED) is 0.734. The van der Waals surface area contributed by atoms with Crippen LogP contribution in [0.15, 0.2) is 35.5 Å². The smallest absolute Gasteiger partial charge is 0.244 e. The molecule has 7 nitrogen and oxygen atoms in total. The lowest BCUT2D eigenvalue weighted by molar-refractivity contribution is 0.180. The Morgan fingerprint density at radius 1 is 1.08 bits per heavy atom. The molecule has 0 atom stereocenters. The largest absolute Gasteiger partial charge is 0.299 e. The van der Waals surface area contributed by atoms with Gasteiger partial charge in [-0.05, 0) is 32.0 Å². The van der Waals surface area contributed by atoms with Gasteiger partial charge in [0.05, 0.1) is 12.2 Å². The van der Waals surface area contributed by atoms with Crippen LogP contribution in [0.4, 0.5) is 0 Å². The Kier molecular flexibility index (Phi) is 8.49. The number of hydrogen-bond donors (Lipinski definition) is 0. The third-order valence-corrected chi connectivity index (χ3v) is 6.22. The van der Waals surface area contributed by atoms with E-state index >= 15 is 0 Å². The molecule has 146 valence electrons. The highest BCUT2D eigenvalue weighted by atomic mass is 35.5. The van der Waals surface area contributed by atoms with Gasteiger partial charge in [-0.25, -0.2) is 8.42 Å². The first kappa shape index (κ1) is 22.9. The van der Waals surface area contributed by atoms with Gasteiger partial charge in [0.15, 0.2) is 0 Å². The van der Waals surface area contributed by atoms with Gasteiger partial charge in [0.25, 0.3) is 0 Å². The van der Waals surface area contributed by atoms with E-state index in [1.165, 1.54) is 6.20 Å². The molecule has 10 heteroatoms. The zero-order chi connectivity index (χ0) is 17.2. The molecule has 26 heavy (non-hydrogen) atoms. The zero-order valence-electron chi connectivity index (χ0n) is 14.9. The molecule has 0 saturated carbocycles. The number of sulfonamides is 1. The number of hydrogen-bond acceptors (Lipinski definition) is 5. The molecule has 0 unspecified atom stereocenters. The first-order valence-corrected chi connectivity index (χ1v) is 9.54. The molecule has 1 saturated heterocycles. The van der Waals surface area contributed by atoms with Crippen molar-refractivity contribution < 1.29 is 8.42 Å². The molecule has 0 aromatic carbocycles. The molecule has 1 fully saturated rings. The Labute approximate surface area is 167 Å². The zero-order valence-corrected chi connectivity index (χ0v) is 17.4. The number of halogens is 2. The molecule has 1 aliphatic heterocycles. The van der Waals surface area contributed by atoms with Gasteiger partial charge in [0.1, 0.15) is 4.90 Å². The Hall–Kier alpha value is -1.19. The highest BCUT2D eigenvalue weighted by molar-refractivity contribution is 7.89. The summed E-state index contributed by atoms with van der Waals surface area (Å²) in [4.78, 5) is 6.46. The first-order chi connectivity index (χ1) is 11.5. The molecule has 0 N–H and O–H groups in total. The van der Waals surface area contributed by atoms with Gasteiger partial charge in [0, 0.05) is 50.8 Å². The number of piperazine rings is 1. The second kappa shape index (κ2) is 9.66. The summed E-state index contributed by atoms with van der Waals surface area (Å²) in [5.74, 6) is 0. The van der Waals surface area contributed by atoms with Crippen molar-refractivity contribution in [2.45, 2.75) is 25.3 Å². The lowest BCUT2D eigenvalue weighted by atomic mass is 10.3. The SMILES string of the molecule is Cc1cc(C)n(CCN2CCN(S(=O)(=O)c3cccnc3)CC2)n1.Cl.Cl. The second-order valence-corrected chi connectivity index (χ2v) is 8.02. The predicted octanol–water partition coefficient (Wildman–Crippen LogP) is 1.75. The molecular formula is C16H25Cl2N5O2S. The molecule has 0 bridgehead atoms. The minimum atomic E-state index is -3.43. The molecular weight excluding hydrogens is 397 g/mol. The van der Waals surface area contributed by atoms with Crippen molar-refractivity contribution in [2.75, 3.05) is 32.7 Å². The average molecular weight is 422 g/mol. The fourth-order valence-corrected chi connectivity index (χ4v) is 4.37. The lowest BCUT2D eigenvalue weighted by Gasteiger charge is -2.33. The Bertz CT molecular complexity index is 790. The summed E-state index contributed by atoms with van der Waals surface area (Å²) in [5, 5.41) is 4.47. The number of nitrogens with zero attached hydrogens (tertiary/aromatic N) is 5. The van der Waals surface area contributed by atoms with Crippen LogP contribution in [0.25, 0.3) is 0 Å². The van der Waals surface area contributed by atoms with Crippen LogP contribution in [-0.2, 0) is 16.6 Å². The van der Waals surface area contributed by atoms with E-state index in [1.54, 1.807) is 22.6 Å². The van der Waals surface area contributed by atoms with Crippen molar-refractivity contribution in [2.24, 2.45) is 0 Å². The molecule has 0 radical (unpaired) electrons. The molecule has 2 aromatic rings. The van der Waals surface area contributed by atoms with E-state index in [-0.39, 0.29) is 29.7 Å². The number of pyridine rings is 1. The van der Waals surface area contributed by atoms with Gasteiger partial charge in [-0.3, -0.25) is 14.6 Å². The third-order valence-electron chi connectivity index (χ3n) is 4.33. The normalized spacial score (nSPS) is 15.9. The van der Waals surface area contributed by atoms with E-state index in [9.17, 15) is 8.42 Å². The molecule has 1 aliphatic rings. The minimum Gasteiger partial charge on any atom is -0.299 e. The van der Waals surface area contributed by atoms with Crippen molar-refractivity contribution in [1.82, 2.24) is 24.0 Å². The highest BCUT2D eigenvalue weighted by Gasteiger charge is 2.28. The Balaban J connectivity index is 0.00000169. The lowest BCUT2D eigenvalue weighted by Crippen LogP contribution is -2.49. The van der Waals surface area contributed by atoms with E-state index < -0.39 is 10.0 Å². The number of rotatable bonds is 5. The van der Waals surface area contributed by atoms with E-state index in [0.29, 0.717) is 13.1 Å². The van der Waals surface area contributed by atoms with Crippen molar-refractivity contribution in [1.29, 1.82) is 0 Å². The van der Waals surface area contributed by atoms with Crippen molar-refractivity contribution in [3.05, 3.63) is 42.0 Å². The van der Waals surface area contributed by atoms with Gasteiger partial charge < -0.3 is 0 Å². The predicted molar refractivity (Wildman–Crippen MR) is 106 cm³/mol. The summed E-state index contributed by atoms with van der Waals surface area (Å²) in [6.07, 6.45) is 2.99. The van der Waals surface area contributed by atoms with Gasteiger partial charge in [-0.15, -0.1) is 24.8 Å². The summed E-state index contributed by atoms with van der Waals surface area (Å²) < 4.78 is 28.7. The highest BCUT2D eigenvalue weighted by Crippen LogP contribution is 2.16. The molecule has 3 heterocycles. The maximum absolute atomic E-state index is 12.6. The van der Waals surface area contributed by atoms with Crippen LogP contribution in [0.2, 0.25) is 0 Å². The second-order valence-electron chi connectivity index (χ2n) is 6.08. The van der Waals surface area contributed by atoms with Crippen LogP contribution in [0, 0.1) is 13.8 Å². The fourth-order valence-electron chi connectivity index (χ4n) is 2.98. The van der Waals surface area contributed by atoms with Crippen molar-refractivity contribution in [3.8, 4) is 0 Å².